The molecule has 2 atom stereocenters. The molecule has 0 spiro atoms. The second kappa shape index (κ2) is 7.99. The van der Waals surface area contributed by atoms with E-state index in [0.717, 1.165) is 36.4 Å². The topological polar surface area (TPSA) is 64.4 Å². The lowest BCUT2D eigenvalue weighted by Gasteiger charge is -2.15. The molecular weight excluding hydrogens is 312 g/mol. The van der Waals surface area contributed by atoms with Crippen molar-refractivity contribution in [2.24, 2.45) is 11.7 Å². The van der Waals surface area contributed by atoms with Crippen LogP contribution in [0.25, 0.3) is 0 Å². The molecule has 4 nitrogen and oxygen atoms in total. The number of benzene rings is 2. The normalized spacial score (nSPS) is 19.7. The third-order valence-corrected chi connectivity index (χ3v) is 4.01. The molecule has 0 saturated heterocycles. The Labute approximate surface area is 142 Å². The number of anilines is 1. The van der Waals surface area contributed by atoms with E-state index < -0.39 is 0 Å². The molecule has 3 N–H and O–H groups in total. The maximum atomic E-state index is 12.2. The van der Waals surface area contributed by atoms with Crippen LogP contribution in [0.4, 0.5) is 5.69 Å². The predicted molar refractivity (Wildman–Crippen MR) is 94.2 cm³/mol. The maximum Gasteiger partial charge on any atom is 0.229 e. The first-order valence-electron chi connectivity index (χ1n) is 7.62. The molecule has 23 heavy (non-hydrogen) atoms. The predicted octanol–water partition coefficient (Wildman–Crippen LogP) is 3.97. The van der Waals surface area contributed by atoms with Gasteiger partial charge in [0.15, 0.2) is 0 Å². The Balaban J connectivity index is 0.00000192. The zero-order valence-electron chi connectivity index (χ0n) is 12.8. The van der Waals surface area contributed by atoms with Crippen LogP contribution >= 0.6 is 12.4 Å². The van der Waals surface area contributed by atoms with Crippen molar-refractivity contribution in [3.8, 4) is 11.5 Å². The van der Waals surface area contributed by atoms with Crippen molar-refractivity contribution in [1.82, 2.24) is 0 Å². The molecular formula is C18H21ClN2O2. The summed E-state index contributed by atoms with van der Waals surface area (Å²) in [5.74, 6) is 1.47. The number of carbonyl (C=O) groups excluding carboxylic acids is 1. The summed E-state index contributed by atoms with van der Waals surface area (Å²) in [6, 6.07) is 17.0. The number of hydrogen-bond acceptors (Lipinski definition) is 3. The van der Waals surface area contributed by atoms with Crippen molar-refractivity contribution < 1.29 is 9.53 Å². The summed E-state index contributed by atoms with van der Waals surface area (Å²) in [4.78, 5) is 12.2. The van der Waals surface area contributed by atoms with Gasteiger partial charge in [0.05, 0.1) is 5.92 Å². The molecule has 1 aliphatic carbocycles. The molecule has 1 saturated carbocycles. The van der Waals surface area contributed by atoms with Crippen LogP contribution in [-0.2, 0) is 4.79 Å². The van der Waals surface area contributed by atoms with E-state index in [4.69, 9.17) is 10.5 Å². The summed E-state index contributed by atoms with van der Waals surface area (Å²) in [5, 5.41) is 2.93. The number of amides is 1. The molecule has 0 heterocycles. The van der Waals surface area contributed by atoms with E-state index in [0.29, 0.717) is 0 Å². The van der Waals surface area contributed by atoms with Crippen LogP contribution in [-0.4, -0.2) is 11.9 Å². The fraction of sp³-hybridized carbons (Fsp3) is 0.278. The summed E-state index contributed by atoms with van der Waals surface area (Å²) < 4.78 is 5.72. The van der Waals surface area contributed by atoms with Gasteiger partial charge in [0, 0.05) is 11.7 Å². The third-order valence-electron chi connectivity index (χ3n) is 4.01. The summed E-state index contributed by atoms with van der Waals surface area (Å²) >= 11 is 0. The van der Waals surface area contributed by atoms with Crippen LogP contribution in [0.3, 0.4) is 0 Å². The average molecular weight is 333 g/mol. The number of halogens is 1. The van der Waals surface area contributed by atoms with Gasteiger partial charge in [-0.15, -0.1) is 12.4 Å². The van der Waals surface area contributed by atoms with Gasteiger partial charge in [-0.3, -0.25) is 4.79 Å². The van der Waals surface area contributed by atoms with Crippen molar-refractivity contribution >= 4 is 24.0 Å². The van der Waals surface area contributed by atoms with Crippen molar-refractivity contribution in [1.29, 1.82) is 0 Å². The number of para-hydroxylation sites is 1. The van der Waals surface area contributed by atoms with E-state index in [-0.39, 0.29) is 30.3 Å². The van der Waals surface area contributed by atoms with Crippen molar-refractivity contribution in [3.05, 3.63) is 54.6 Å². The van der Waals surface area contributed by atoms with E-state index in [1.165, 1.54) is 0 Å². The van der Waals surface area contributed by atoms with Gasteiger partial charge in [-0.2, -0.15) is 0 Å². The minimum atomic E-state index is -0.0692. The van der Waals surface area contributed by atoms with E-state index in [9.17, 15) is 4.79 Å². The van der Waals surface area contributed by atoms with Gasteiger partial charge in [-0.25, -0.2) is 0 Å². The van der Waals surface area contributed by atoms with E-state index in [2.05, 4.69) is 5.32 Å². The minimum absolute atomic E-state index is 0. The number of nitrogens with one attached hydrogen (secondary N) is 1. The SMILES string of the molecule is Cl.NC1CCCC1C(=O)Nc1ccc(Oc2ccccc2)cc1. The number of carbonyl (C=O) groups is 1. The first-order valence-corrected chi connectivity index (χ1v) is 7.62. The quantitative estimate of drug-likeness (QED) is 0.890. The first kappa shape index (κ1) is 17.3. The summed E-state index contributed by atoms with van der Waals surface area (Å²) in [7, 11) is 0. The lowest BCUT2D eigenvalue weighted by Crippen LogP contribution is -2.34. The fourth-order valence-electron chi connectivity index (χ4n) is 2.78. The van der Waals surface area contributed by atoms with Gasteiger partial charge < -0.3 is 15.8 Å². The molecule has 2 aromatic rings. The highest BCUT2D eigenvalue weighted by Gasteiger charge is 2.30. The van der Waals surface area contributed by atoms with Gasteiger partial charge in [-0.05, 0) is 49.2 Å². The second-order valence-corrected chi connectivity index (χ2v) is 5.63. The smallest absolute Gasteiger partial charge is 0.229 e. The van der Waals surface area contributed by atoms with Crippen LogP contribution in [0.2, 0.25) is 0 Å². The molecule has 0 aliphatic heterocycles. The fourth-order valence-corrected chi connectivity index (χ4v) is 2.78. The number of rotatable bonds is 4. The van der Waals surface area contributed by atoms with E-state index >= 15 is 0 Å². The Morgan fingerprint density at radius 1 is 1.00 bits per heavy atom. The molecule has 0 radical (unpaired) electrons. The van der Waals surface area contributed by atoms with Gasteiger partial charge in [-0.1, -0.05) is 24.6 Å². The summed E-state index contributed by atoms with van der Waals surface area (Å²) in [6.45, 7) is 0. The Bertz CT molecular complexity index is 631. The van der Waals surface area contributed by atoms with Gasteiger partial charge in [0.25, 0.3) is 0 Å². The molecule has 3 rings (SSSR count). The maximum absolute atomic E-state index is 12.2. The summed E-state index contributed by atoms with van der Waals surface area (Å²) in [6.07, 6.45) is 2.84. The monoisotopic (exact) mass is 332 g/mol. The average Bonchev–Trinajstić information content (AvgIpc) is 2.96. The molecule has 5 heteroatoms. The highest BCUT2D eigenvalue weighted by molar-refractivity contribution is 5.93. The lowest BCUT2D eigenvalue weighted by atomic mass is 10.0. The molecule has 1 fully saturated rings. The van der Waals surface area contributed by atoms with Crippen LogP contribution in [0.1, 0.15) is 19.3 Å². The number of ether oxygens (including phenoxy) is 1. The highest BCUT2D eigenvalue weighted by Crippen LogP contribution is 2.26. The zero-order chi connectivity index (χ0) is 15.4. The molecule has 0 bridgehead atoms. The molecule has 0 aromatic heterocycles. The third kappa shape index (κ3) is 4.47. The van der Waals surface area contributed by atoms with Gasteiger partial charge in [0.2, 0.25) is 5.91 Å². The van der Waals surface area contributed by atoms with Crippen molar-refractivity contribution in [3.63, 3.8) is 0 Å². The van der Waals surface area contributed by atoms with Crippen LogP contribution in [0, 0.1) is 5.92 Å². The highest BCUT2D eigenvalue weighted by atomic mass is 35.5. The number of hydrogen-bond donors (Lipinski definition) is 2. The van der Waals surface area contributed by atoms with Crippen molar-refractivity contribution in [2.45, 2.75) is 25.3 Å². The van der Waals surface area contributed by atoms with Crippen molar-refractivity contribution in [2.75, 3.05) is 5.32 Å². The van der Waals surface area contributed by atoms with E-state index in [1.54, 1.807) is 0 Å². The Morgan fingerprint density at radius 3 is 2.26 bits per heavy atom. The Hall–Kier alpha value is -2.04. The Kier molecular flexibility index (Phi) is 6.02. The van der Waals surface area contributed by atoms with E-state index in [1.807, 2.05) is 54.6 Å². The minimum Gasteiger partial charge on any atom is -0.457 e. The second-order valence-electron chi connectivity index (χ2n) is 5.63. The molecule has 122 valence electrons. The van der Waals surface area contributed by atoms with Gasteiger partial charge >= 0.3 is 0 Å². The zero-order valence-corrected chi connectivity index (χ0v) is 13.6. The lowest BCUT2D eigenvalue weighted by molar-refractivity contribution is -0.120. The Morgan fingerprint density at radius 2 is 1.65 bits per heavy atom. The first-order chi connectivity index (χ1) is 10.7. The molecule has 2 aromatic carbocycles. The summed E-state index contributed by atoms with van der Waals surface area (Å²) in [5.41, 5.74) is 6.73. The molecule has 1 aliphatic rings. The molecule has 1 amide bonds. The number of nitrogens with two attached hydrogens (primary N) is 1. The van der Waals surface area contributed by atoms with Gasteiger partial charge in [0.1, 0.15) is 11.5 Å². The van der Waals surface area contributed by atoms with Crippen LogP contribution in [0.15, 0.2) is 54.6 Å². The standard InChI is InChI=1S/C18H20N2O2.ClH/c19-17-8-4-7-16(17)18(21)20-13-9-11-15(12-10-13)22-14-5-2-1-3-6-14;/h1-3,5-6,9-12,16-17H,4,7-8,19H2,(H,20,21);1H. The molecule has 2 unspecified atom stereocenters. The largest absolute Gasteiger partial charge is 0.457 e. The van der Waals surface area contributed by atoms with Crippen LogP contribution < -0.4 is 15.8 Å². The van der Waals surface area contributed by atoms with Crippen LogP contribution in [0.5, 0.6) is 11.5 Å².